The Morgan fingerprint density at radius 2 is 1.71 bits per heavy atom. The highest BCUT2D eigenvalue weighted by atomic mass is 16.2. The summed E-state index contributed by atoms with van der Waals surface area (Å²) >= 11 is 0. The van der Waals surface area contributed by atoms with Crippen molar-refractivity contribution in [1.82, 2.24) is 9.80 Å². The number of anilines is 2. The first kappa shape index (κ1) is 14.8. The Labute approximate surface area is 122 Å². The van der Waals surface area contributed by atoms with E-state index >= 15 is 0 Å². The fourth-order valence-electron chi connectivity index (χ4n) is 2.11. The van der Waals surface area contributed by atoms with E-state index in [1.165, 1.54) is 9.80 Å². The van der Waals surface area contributed by atoms with Crippen molar-refractivity contribution in [2.24, 2.45) is 0 Å². The molecule has 1 saturated heterocycles. The molecule has 7 heteroatoms. The van der Waals surface area contributed by atoms with Gasteiger partial charge in [-0.05, 0) is 31.2 Å². The Balaban J connectivity index is 1.92. The third kappa shape index (κ3) is 3.50. The van der Waals surface area contributed by atoms with Gasteiger partial charge in [0.05, 0.1) is 0 Å². The van der Waals surface area contributed by atoms with E-state index in [-0.39, 0.29) is 12.5 Å². The van der Waals surface area contributed by atoms with Crippen LogP contribution < -0.4 is 11.1 Å². The summed E-state index contributed by atoms with van der Waals surface area (Å²) in [6.45, 7) is 3.00. The number of nitrogens with one attached hydrogen (secondary N) is 1. The Hall–Kier alpha value is -2.57. The summed E-state index contributed by atoms with van der Waals surface area (Å²) < 4.78 is 0. The van der Waals surface area contributed by atoms with Crippen LogP contribution in [0.4, 0.5) is 11.4 Å². The molecule has 1 fully saturated rings. The van der Waals surface area contributed by atoms with E-state index in [9.17, 15) is 14.4 Å². The topological polar surface area (TPSA) is 95.7 Å². The number of piperazine rings is 1. The predicted octanol–water partition coefficient (Wildman–Crippen LogP) is -0.102. The van der Waals surface area contributed by atoms with Crippen LogP contribution in [0.5, 0.6) is 0 Å². The van der Waals surface area contributed by atoms with Crippen molar-refractivity contribution in [2.45, 2.75) is 6.92 Å². The average Bonchev–Trinajstić information content (AvgIpc) is 2.47. The third-order valence-electron chi connectivity index (χ3n) is 3.31. The maximum absolute atomic E-state index is 11.9. The second-order valence-corrected chi connectivity index (χ2v) is 4.78. The van der Waals surface area contributed by atoms with Gasteiger partial charge >= 0.3 is 11.8 Å². The van der Waals surface area contributed by atoms with Gasteiger partial charge in [0.1, 0.15) is 6.54 Å². The van der Waals surface area contributed by atoms with E-state index in [0.717, 1.165) is 0 Å². The van der Waals surface area contributed by atoms with Gasteiger partial charge in [-0.3, -0.25) is 14.4 Å². The number of amides is 3. The summed E-state index contributed by atoms with van der Waals surface area (Å²) in [7, 11) is 0. The van der Waals surface area contributed by atoms with Crippen LogP contribution >= 0.6 is 0 Å². The van der Waals surface area contributed by atoms with Crippen molar-refractivity contribution in [2.75, 3.05) is 37.2 Å². The maximum Gasteiger partial charge on any atom is 0.312 e. The van der Waals surface area contributed by atoms with Crippen molar-refractivity contribution in [3.05, 3.63) is 24.3 Å². The molecular formula is C14H18N4O3. The molecule has 1 aliphatic rings. The molecule has 1 heterocycles. The number of nitrogens with two attached hydrogens (primary N) is 1. The van der Waals surface area contributed by atoms with Crippen LogP contribution in [0.3, 0.4) is 0 Å². The van der Waals surface area contributed by atoms with Crippen molar-refractivity contribution in [3.8, 4) is 0 Å². The molecule has 1 aliphatic heterocycles. The first-order valence-corrected chi connectivity index (χ1v) is 6.75. The molecule has 2 rings (SSSR count). The van der Waals surface area contributed by atoms with E-state index in [0.29, 0.717) is 31.0 Å². The van der Waals surface area contributed by atoms with Crippen molar-refractivity contribution in [3.63, 3.8) is 0 Å². The fourth-order valence-corrected chi connectivity index (χ4v) is 2.11. The second-order valence-electron chi connectivity index (χ2n) is 4.78. The van der Waals surface area contributed by atoms with Gasteiger partial charge in [-0.2, -0.15) is 0 Å². The number of likely N-dealkylation sites (N-methyl/N-ethyl adjacent to an activating group) is 1. The summed E-state index contributed by atoms with van der Waals surface area (Å²) in [5, 5.41) is 2.66. The smallest absolute Gasteiger partial charge is 0.312 e. The van der Waals surface area contributed by atoms with E-state index in [2.05, 4.69) is 5.32 Å². The highest BCUT2D eigenvalue weighted by molar-refractivity contribution is 6.35. The number of hydrogen-bond donors (Lipinski definition) is 2. The number of carbonyl (C=O) groups excluding carboxylic acids is 3. The van der Waals surface area contributed by atoms with Crippen LogP contribution in [0.2, 0.25) is 0 Å². The van der Waals surface area contributed by atoms with Crippen LogP contribution in [0.15, 0.2) is 24.3 Å². The van der Waals surface area contributed by atoms with E-state index in [1.807, 2.05) is 6.92 Å². The van der Waals surface area contributed by atoms with Gasteiger partial charge in [0.2, 0.25) is 5.91 Å². The summed E-state index contributed by atoms with van der Waals surface area (Å²) in [5.74, 6) is -1.52. The summed E-state index contributed by atoms with van der Waals surface area (Å²) in [4.78, 5) is 38.2. The van der Waals surface area contributed by atoms with E-state index in [1.54, 1.807) is 24.3 Å². The van der Waals surface area contributed by atoms with Crippen LogP contribution in [-0.4, -0.2) is 53.7 Å². The molecule has 0 unspecified atom stereocenters. The van der Waals surface area contributed by atoms with Gasteiger partial charge < -0.3 is 20.9 Å². The zero-order valence-corrected chi connectivity index (χ0v) is 11.8. The lowest BCUT2D eigenvalue weighted by Gasteiger charge is -2.32. The summed E-state index contributed by atoms with van der Waals surface area (Å²) in [6.07, 6.45) is 0. The second kappa shape index (κ2) is 6.25. The molecule has 1 aromatic carbocycles. The zero-order valence-electron chi connectivity index (χ0n) is 11.8. The summed E-state index contributed by atoms with van der Waals surface area (Å²) in [5.41, 5.74) is 6.76. The average molecular weight is 290 g/mol. The number of hydrogen-bond acceptors (Lipinski definition) is 4. The minimum atomic E-state index is -0.629. The largest absolute Gasteiger partial charge is 0.399 e. The number of benzene rings is 1. The van der Waals surface area contributed by atoms with Gasteiger partial charge in [-0.1, -0.05) is 0 Å². The number of nitrogens with zero attached hydrogens (tertiary/aromatic N) is 2. The Kier molecular flexibility index (Phi) is 4.42. The molecule has 1 aromatic rings. The molecule has 0 aliphatic carbocycles. The molecular weight excluding hydrogens is 272 g/mol. The monoisotopic (exact) mass is 290 g/mol. The fraction of sp³-hybridized carbons (Fsp3) is 0.357. The standard InChI is InChI=1S/C14H18N4O3/c1-2-17-7-8-18(14(21)13(17)20)9-12(19)16-11-5-3-10(15)4-6-11/h3-6H,2,7-9,15H2,1H3,(H,16,19). The third-order valence-corrected chi connectivity index (χ3v) is 3.31. The molecule has 21 heavy (non-hydrogen) atoms. The van der Waals surface area contributed by atoms with Crippen molar-refractivity contribution >= 4 is 29.1 Å². The Morgan fingerprint density at radius 3 is 2.33 bits per heavy atom. The number of rotatable bonds is 4. The molecule has 0 bridgehead atoms. The first-order valence-electron chi connectivity index (χ1n) is 6.75. The lowest BCUT2D eigenvalue weighted by atomic mass is 10.2. The van der Waals surface area contributed by atoms with Gasteiger partial charge in [-0.25, -0.2) is 0 Å². The van der Waals surface area contributed by atoms with Crippen LogP contribution in [0, 0.1) is 0 Å². The normalized spacial score (nSPS) is 15.3. The molecule has 3 N–H and O–H groups in total. The predicted molar refractivity (Wildman–Crippen MR) is 78.3 cm³/mol. The SMILES string of the molecule is CCN1CCN(CC(=O)Nc2ccc(N)cc2)C(=O)C1=O. The van der Waals surface area contributed by atoms with Gasteiger partial charge in [0, 0.05) is 31.0 Å². The van der Waals surface area contributed by atoms with Crippen molar-refractivity contribution in [1.29, 1.82) is 0 Å². The maximum atomic E-state index is 11.9. The minimum absolute atomic E-state index is 0.132. The molecule has 0 aromatic heterocycles. The van der Waals surface area contributed by atoms with Gasteiger partial charge in [0.15, 0.2) is 0 Å². The number of carbonyl (C=O) groups is 3. The molecule has 0 atom stereocenters. The highest BCUT2D eigenvalue weighted by Crippen LogP contribution is 2.11. The molecule has 0 radical (unpaired) electrons. The van der Waals surface area contributed by atoms with Crippen LogP contribution in [0.25, 0.3) is 0 Å². The Bertz CT molecular complexity index is 556. The van der Waals surface area contributed by atoms with Crippen LogP contribution in [0.1, 0.15) is 6.92 Å². The lowest BCUT2D eigenvalue weighted by molar-refractivity contribution is -0.156. The van der Waals surface area contributed by atoms with Gasteiger partial charge in [-0.15, -0.1) is 0 Å². The molecule has 3 amide bonds. The molecule has 0 spiro atoms. The first-order chi connectivity index (χ1) is 10.0. The highest BCUT2D eigenvalue weighted by Gasteiger charge is 2.32. The lowest BCUT2D eigenvalue weighted by Crippen LogP contribution is -2.55. The quantitative estimate of drug-likeness (QED) is 0.598. The summed E-state index contributed by atoms with van der Waals surface area (Å²) in [6, 6.07) is 6.69. The number of nitrogen functional groups attached to an aromatic ring is 1. The van der Waals surface area contributed by atoms with Crippen molar-refractivity contribution < 1.29 is 14.4 Å². The molecule has 0 saturated carbocycles. The van der Waals surface area contributed by atoms with Gasteiger partial charge in [0.25, 0.3) is 0 Å². The van der Waals surface area contributed by atoms with E-state index in [4.69, 9.17) is 5.73 Å². The van der Waals surface area contributed by atoms with Crippen LogP contribution in [-0.2, 0) is 14.4 Å². The molecule has 7 nitrogen and oxygen atoms in total. The Morgan fingerprint density at radius 1 is 1.14 bits per heavy atom. The zero-order chi connectivity index (χ0) is 15.4. The molecule has 112 valence electrons. The van der Waals surface area contributed by atoms with E-state index < -0.39 is 11.8 Å². The minimum Gasteiger partial charge on any atom is -0.399 e.